The van der Waals surface area contributed by atoms with Crippen molar-refractivity contribution >= 4 is 28.4 Å². The van der Waals surface area contributed by atoms with Crippen molar-refractivity contribution < 1.29 is 9.47 Å². The number of thioether (sulfide) groups is 1. The molecule has 0 N–H and O–H groups in total. The van der Waals surface area contributed by atoms with Gasteiger partial charge in [0, 0.05) is 5.75 Å². The lowest BCUT2D eigenvalue weighted by Gasteiger charge is -2.23. The maximum absolute atomic E-state index is 5.47. The highest BCUT2D eigenvalue weighted by atomic mass is 32.2. The summed E-state index contributed by atoms with van der Waals surface area (Å²) in [7, 11) is 0. The van der Waals surface area contributed by atoms with E-state index in [-0.39, 0.29) is 5.41 Å². The van der Waals surface area contributed by atoms with Crippen LogP contribution in [0.2, 0.25) is 0 Å². The largest absolute Gasteiger partial charge is 0.479 e. The van der Waals surface area contributed by atoms with E-state index in [2.05, 4.69) is 13.8 Å². The second kappa shape index (κ2) is 5.33. The van der Waals surface area contributed by atoms with E-state index < -0.39 is 0 Å². The quantitative estimate of drug-likeness (QED) is 0.699. The SMILES string of the molecule is CCOC(=S)SCC1COCC1(C)C. The van der Waals surface area contributed by atoms with E-state index in [1.807, 2.05) is 6.92 Å². The monoisotopic (exact) mass is 234 g/mol. The van der Waals surface area contributed by atoms with E-state index in [0.29, 0.717) is 16.9 Å². The third-order valence-corrected chi connectivity index (χ3v) is 3.96. The molecule has 1 aliphatic rings. The standard InChI is InChI=1S/C10H18O2S2/c1-4-12-9(13)14-6-8-5-11-7-10(8,2)3/h8H,4-7H2,1-3H3. The Balaban J connectivity index is 2.27. The maximum atomic E-state index is 5.47. The van der Waals surface area contributed by atoms with E-state index in [0.717, 1.165) is 19.0 Å². The Labute approximate surface area is 95.7 Å². The van der Waals surface area contributed by atoms with E-state index in [4.69, 9.17) is 21.7 Å². The van der Waals surface area contributed by atoms with Crippen LogP contribution in [-0.2, 0) is 9.47 Å². The fourth-order valence-corrected chi connectivity index (χ4v) is 2.82. The molecule has 1 heterocycles. The van der Waals surface area contributed by atoms with Crippen LogP contribution in [-0.4, -0.2) is 30.0 Å². The van der Waals surface area contributed by atoms with Gasteiger partial charge in [-0.05, 0) is 30.5 Å². The summed E-state index contributed by atoms with van der Waals surface area (Å²) in [5.41, 5.74) is 0.287. The highest BCUT2D eigenvalue weighted by molar-refractivity contribution is 8.22. The first kappa shape index (κ1) is 12.3. The Kier molecular flexibility index (Phi) is 4.67. The van der Waals surface area contributed by atoms with Gasteiger partial charge in [0.1, 0.15) is 0 Å². The fourth-order valence-electron chi connectivity index (χ4n) is 1.41. The van der Waals surface area contributed by atoms with E-state index in [9.17, 15) is 0 Å². The Morgan fingerprint density at radius 1 is 1.64 bits per heavy atom. The summed E-state index contributed by atoms with van der Waals surface area (Å²) in [6, 6.07) is 0. The summed E-state index contributed by atoms with van der Waals surface area (Å²) in [4.78, 5) is 0. The van der Waals surface area contributed by atoms with Crippen LogP contribution in [0.4, 0.5) is 0 Å². The molecule has 0 bridgehead atoms. The zero-order valence-corrected chi connectivity index (χ0v) is 10.7. The van der Waals surface area contributed by atoms with Crippen molar-refractivity contribution in [2.75, 3.05) is 25.6 Å². The molecule has 0 aliphatic carbocycles. The molecule has 14 heavy (non-hydrogen) atoms. The molecule has 0 aromatic heterocycles. The van der Waals surface area contributed by atoms with E-state index >= 15 is 0 Å². The zero-order chi connectivity index (χ0) is 10.6. The number of rotatable bonds is 3. The van der Waals surface area contributed by atoms with Gasteiger partial charge in [-0.25, -0.2) is 0 Å². The first-order chi connectivity index (χ1) is 6.56. The highest BCUT2D eigenvalue weighted by Gasteiger charge is 2.35. The van der Waals surface area contributed by atoms with Gasteiger partial charge in [-0.1, -0.05) is 25.6 Å². The Morgan fingerprint density at radius 2 is 2.36 bits per heavy atom. The van der Waals surface area contributed by atoms with Crippen molar-refractivity contribution in [1.82, 2.24) is 0 Å². The molecule has 82 valence electrons. The minimum absolute atomic E-state index is 0.287. The smallest absolute Gasteiger partial charge is 0.219 e. The number of thiocarbonyl (C=S) groups is 1. The summed E-state index contributed by atoms with van der Waals surface area (Å²) in [5, 5.41) is 0. The summed E-state index contributed by atoms with van der Waals surface area (Å²) in [6.07, 6.45) is 0. The third kappa shape index (κ3) is 3.41. The van der Waals surface area contributed by atoms with Crippen LogP contribution in [0, 0.1) is 11.3 Å². The highest BCUT2D eigenvalue weighted by Crippen LogP contribution is 2.35. The molecule has 1 atom stereocenters. The van der Waals surface area contributed by atoms with Crippen molar-refractivity contribution in [3.63, 3.8) is 0 Å². The molecule has 1 aliphatic heterocycles. The first-order valence-electron chi connectivity index (χ1n) is 4.93. The molecular formula is C10H18O2S2. The minimum Gasteiger partial charge on any atom is -0.479 e. The van der Waals surface area contributed by atoms with Gasteiger partial charge in [0.2, 0.25) is 4.38 Å². The average molecular weight is 234 g/mol. The lowest BCUT2D eigenvalue weighted by atomic mass is 9.83. The molecule has 0 aromatic rings. The van der Waals surface area contributed by atoms with Crippen LogP contribution < -0.4 is 0 Å². The normalized spacial score (nSPS) is 24.9. The summed E-state index contributed by atoms with van der Waals surface area (Å²) >= 11 is 6.69. The molecule has 1 saturated heterocycles. The predicted molar refractivity (Wildman–Crippen MR) is 64.8 cm³/mol. The molecule has 0 radical (unpaired) electrons. The van der Waals surface area contributed by atoms with Crippen LogP contribution >= 0.6 is 24.0 Å². The van der Waals surface area contributed by atoms with Crippen LogP contribution in [0.1, 0.15) is 20.8 Å². The number of hydrogen-bond donors (Lipinski definition) is 0. The van der Waals surface area contributed by atoms with Gasteiger partial charge in [0.15, 0.2) is 0 Å². The fraction of sp³-hybridized carbons (Fsp3) is 0.900. The molecule has 1 rings (SSSR count). The van der Waals surface area contributed by atoms with Gasteiger partial charge < -0.3 is 9.47 Å². The van der Waals surface area contributed by atoms with Gasteiger partial charge in [0.05, 0.1) is 19.8 Å². The topological polar surface area (TPSA) is 18.5 Å². The minimum atomic E-state index is 0.287. The van der Waals surface area contributed by atoms with Crippen molar-refractivity contribution in [3.05, 3.63) is 0 Å². The summed E-state index contributed by atoms with van der Waals surface area (Å²) < 4.78 is 11.4. The predicted octanol–water partition coefficient (Wildman–Crippen LogP) is 2.71. The van der Waals surface area contributed by atoms with Gasteiger partial charge >= 0.3 is 0 Å². The van der Waals surface area contributed by atoms with Gasteiger partial charge in [0.25, 0.3) is 0 Å². The molecular weight excluding hydrogens is 216 g/mol. The second-order valence-electron chi connectivity index (χ2n) is 4.19. The second-order valence-corrected chi connectivity index (χ2v) is 5.82. The van der Waals surface area contributed by atoms with Crippen LogP contribution in [0.25, 0.3) is 0 Å². The summed E-state index contributed by atoms with van der Waals surface area (Å²) in [6.45, 7) is 8.82. The van der Waals surface area contributed by atoms with E-state index in [1.165, 1.54) is 0 Å². The Morgan fingerprint density at radius 3 is 2.86 bits per heavy atom. The molecule has 1 fully saturated rings. The molecule has 4 heteroatoms. The Hall–Kier alpha value is 0.200. The molecule has 2 nitrogen and oxygen atoms in total. The third-order valence-electron chi connectivity index (χ3n) is 2.56. The Bertz CT molecular complexity index is 204. The number of ether oxygens (including phenoxy) is 2. The van der Waals surface area contributed by atoms with Crippen LogP contribution in [0.5, 0.6) is 0 Å². The lowest BCUT2D eigenvalue weighted by Crippen LogP contribution is -2.24. The van der Waals surface area contributed by atoms with Crippen molar-refractivity contribution in [3.8, 4) is 0 Å². The summed E-state index contributed by atoms with van der Waals surface area (Å²) in [5.74, 6) is 1.59. The lowest BCUT2D eigenvalue weighted by molar-refractivity contribution is 0.166. The maximum Gasteiger partial charge on any atom is 0.219 e. The molecule has 0 spiro atoms. The van der Waals surface area contributed by atoms with Gasteiger partial charge in [-0.15, -0.1) is 0 Å². The molecule has 0 amide bonds. The van der Waals surface area contributed by atoms with Crippen molar-refractivity contribution in [2.24, 2.45) is 11.3 Å². The average Bonchev–Trinajstić information content (AvgIpc) is 2.42. The first-order valence-corrected chi connectivity index (χ1v) is 6.33. The molecule has 0 aromatic carbocycles. The van der Waals surface area contributed by atoms with Crippen LogP contribution in [0.15, 0.2) is 0 Å². The van der Waals surface area contributed by atoms with E-state index in [1.54, 1.807) is 11.8 Å². The van der Waals surface area contributed by atoms with Gasteiger partial charge in [-0.2, -0.15) is 0 Å². The zero-order valence-electron chi connectivity index (χ0n) is 9.04. The van der Waals surface area contributed by atoms with Crippen LogP contribution in [0.3, 0.4) is 0 Å². The van der Waals surface area contributed by atoms with Crippen molar-refractivity contribution in [1.29, 1.82) is 0 Å². The number of hydrogen-bond acceptors (Lipinski definition) is 4. The van der Waals surface area contributed by atoms with Crippen molar-refractivity contribution in [2.45, 2.75) is 20.8 Å². The molecule has 0 saturated carbocycles. The van der Waals surface area contributed by atoms with Gasteiger partial charge in [-0.3, -0.25) is 0 Å². The molecule has 1 unspecified atom stereocenters.